The number of aromatic nitrogens is 2. The van der Waals surface area contributed by atoms with E-state index in [1.165, 1.54) is 0 Å². The van der Waals surface area contributed by atoms with Gasteiger partial charge in [0, 0.05) is 30.4 Å². The number of carbonyl (C=O) groups excluding carboxylic acids is 1. The molecule has 5 heteroatoms. The molecule has 0 fully saturated rings. The summed E-state index contributed by atoms with van der Waals surface area (Å²) in [6.45, 7) is 5.10. The van der Waals surface area contributed by atoms with Crippen molar-refractivity contribution >= 4 is 11.6 Å². The lowest BCUT2D eigenvalue weighted by Gasteiger charge is -2.24. The van der Waals surface area contributed by atoms with Gasteiger partial charge >= 0.3 is 0 Å². The number of aryl methyl sites for hydroxylation is 2. The molecule has 0 saturated heterocycles. The van der Waals surface area contributed by atoms with Crippen molar-refractivity contribution in [2.45, 2.75) is 26.9 Å². The number of carbonyl (C=O) groups is 1. The van der Waals surface area contributed by atoms with Gasteiger partial charge in [0.25, 0.3) is 5.91 Å². The molecule has 0 bridgehead atoms. The number of ether oxygens (including phenoxy) is 1. The van der Waals surface area contributed by atoms with Gasteiger partial charge in [0.2, 0.25) is 0 Å². The second kappa shape index (κ2) is 6.91. The van der Waals surface area contributed by atoms with E-state index in [0.29, 0.717) is 18.8 Å². The fraction of sp³-hybridized carbons (Fsp3) is 0.273. The Hall–Kier alpha value is -3.08. The number of para-hydroxylation sites is 2. The van der Waals surface area contributed by atoms with Gasteiger partial charge in [-0.3, -0.25) is 9.48 Å². The standard InChI is InChI=1S/C22H23N3O2/c1-4-13-25(18-11-7-5-9-15(18)2)22(26)20-17-14-27-19-12-8-6-10-16(19)21(17)24(3)23-20/h5-12H,4,13-14H2,1-3H3. The third-order valence-corrected chi connectivity index (χ3v) is 4.96. The summed E-state index contributed by atoms with van der Waals surface area (Å²) >= 11 is 0. The van der Waals surface area contributed by atoms with Crippen LogP contribution in [-0.4, -0.2) is 22.2 Å². The van der Waals surface area contributed by atoms with Crippen LogP contribution in [0.1, 0.15) is 35.0 Å². The molecule has 0 N–H and O–H groups in total. The summed E-state index contributed by atoms with van der Waals surface area (Å²) in [4.78, 5) is 15.3. The summed E-state index contributed by atoms with van der Waals surface area (Å²) in [5, 5.41) is 4.59. The van der Waals surface area contributed by atoms with Gasteiger partial charge in [-0.15, -0.1) is 0 Å². The van der Waals surface area contributed by atoms with Crippen LogP contribution in [0, 0.1) is 6.92 Å². The lowest BCUT2D eigenvalue weighted by molar-refractivity contribution is 0.0979. The van der Waals surface area contributed by atoms with E-state index in [-0.39, 0.29) is 5.91 Å². The van der Waals surface area contributed by atoms with E-state index < -0.39 is 0 Å². The molecule has 2 aromatic carbocycles. The maximum absolute atomic E-state index is 13.5. The fourth-order valence-electron chi connectivity index (χ4n) is 3.70. The van der Waals surface area contributed by atoms with E-state index in [4.69, 9.17) is 4.74 Å². The maximum atomic E-state index is 13.5. The van der Waals surface area contributed by atoms with Crippen LogP contribution < -0.4 is 9.64 Å². The number of hydrogen-bond donors (Lipinski definition) is 0. The molecule has 0 saturated carbocycles. The summed E-state index contributed by atoms with van der Waals surface area (Å²) in [5.74, 6) is 0.752. The summed E-state index contributed by atoms with van der Waals surface area (Å²) in [7, 11) is 1.88. The largest absolute Gasteiger partial charge is 0.488 e. The first-order valence-electron chi connectivity index (χ1n) is 9.27. The lowest BCUT2D eigenvalue weighted by Crippen LogP contribution is -2.33. The van der Waals surface area contributed by atoms with Crippen LogP contribution in [0.25, 0.3) is 11.3 Å². The predicted octanol–water partition coefficient (Wildman–Crippen LogP) is 4.34. The average molecular weight is 361 g/mol. The molecular weight excluding hydrogens is 338 g/mol. The number of nitrogens with zero attached hydrogens (tertiary/aromatic N) is 3. The van der Waals surface area contributed by atoms with Crippen molar-refractivity contribution in [2.24, 2.45) is 7.05 Å². The van der Waals surface area contributed by atoms with E-state index in [1.54, 1.807) is 4.68 Å². The van der Waals surface area contributed by atoms with Crippen molar-refractivity contribution in [3.8, 4) is 17.0 Å². The van der Waals surface area contributed by atoms with E-state index in [2.05, 4.69) is 12.0 Å². The lowest BCUT2D eigenvalue weighted by atomic mass is 10.0. The third-order valence-electron chi connectivity index (χ3n) is 4.96. The molecule has 0 aliphatic carbocycles. The minimum absolute atomic E-state index is 0.0778. The number of benzene rings is 2. The summed E-state index contributed by atoms with van der Waals surface area (Å²) in [6, 6.07) is 15.8. The Balaban J connectivity index is 1.80. The van der Waals surface area contributed by atoms with E-state index in [1.807, 2.05) is 67.4 Å². The summed E-state index contributed by atoms with van der Waals surface area (Å²) in [6.07, 6.45) is 0.869. The zero-order valence-corrected chi connectivity index (χ0v) is 15.9. The zero-order valence-electron chi connectivity index (χ0n) is 15.9. The average Bonchev–Trinajstić information content (AvgIpc) is 3.03. The monoisotopic (exact) mass is 361 g/mol. The van der Waals surface area contributed by atoms with Gasteiger partial charge in [-0.2, -0.15) is 5.10 Å². The third kappa shape index (κ3) is 2.89. The molecule has 138 valence electrons. The van der Waals surface area contributed by atoms with Crippen molar-refractivity contribution in [2.75, 3.05) is 11.4 Å². The van der Waals surface area contributed by atoms with Crippen molar-refractivity contribution in [1.82, 2.24) is 9.78 Å². The topological polar surface area (TPSA) is 47.4 Å². The van der Waals surface area contributed by atoms with Crippen LogP contribution in [0.2, 0.25) is 0 Å². The maximum Gasteiger partial charge on any atom is 0.279 e. The molecule has 1 aromatic heterocycles. The van der Waals surface area contributed by atoms with E-state index in [9.17, 15) is 4.79 Å². The fourth-order valence-corrected chi connectivity index (χ4v) is 3.70. The Bertz CT molecular complexity index is 1010. The molecule has 0 unspecified atom stereocenters. The quantitative estimate of drug-likeness (QED) is 0.694. The molecule has 0 atom stereocenters. The highest BCUT2D eigenvalue weighted by molar-refractivity contribution is 6.07. The first kappa shape index (κ1) is 17.3. The van der Waals surface area contributed by atoms with Crippen LogP contribution in [0.4, 0.5) is 5.69 Å². The van der Waals surface area contributed by atoms with Gasteiger partial charge in [0.05, 0.1) is 5.69 Å². The van der Waals surface area contributed by atoms with Gasteiger partial charge < -0.3 is 9.64 Å². The summed E-state index contributed by atoms with van der Waals surface area (Å²) in [5.41, 5.74) is 5.27. The molecule has 3 aromatic rings. The second-order valence-electron chi connectivity index (χ2n) is 6.83. The zero-order chi connectivity index (χ0) is 19.0. The normalized spacial score (nSPS) is 12.1. The number of amides is 1. The Morgan fingerprint density at radius 3 is 2.70 bits per heavy atom. The van der Waals surface area contributed by atoms with Crippen LogP contribution in [0.3, 0.4) is 0 Å². The number of rotatable bonds is 4. The van der Waals surface area contributed by atoms with Crippen LogP contribution in [0.5, 0.6) is 5.75 Å². The van der Waals surface area contributed by atoms with Crippen LogP contribution in [0.15, 0.2) is 48.5 Å². The van der Waals surface area contributed by atoms with E-state index >= 15 is 0 Å². The van der Waals surface area contributed by atoms with Crippen LogP contribution >= 0.6 is 0 Å². The van der Waals surface area contributed by atoms with Crippen molar-refractivity contribution < 1.29 is 9.53 Å². The Kier molecular flexibility index (Phi) is 4.44. The van der Waals surface area contributed by atoms with Crippen LogP contribution in [-0.2, 0) is 13.7 Å². The van der Waals surface area contributed by atoms with Crippen molar-refractivity contribution in [3.05, 3.63) is 65.4 Å². The number of anilines is 1. The molecule has 0 spiro atoms. The minimum Gasteiger partial charge on any atom is -0.488 e. The second-order valence-corrected chi connectivity index (χ2v) is 6.83. The Labute approximate surface area is 159 Å². The summed E-state index contributed by atoms with van der Waals surface area (Å²) < 4.78 is 7.70. The molecule has 5 nitrogen and oxygen atoms in total. The smallest absolute Gasteiger partial charge is 0.279 e. The van der Waals surface area contributed by atoms with Crippen molar-refractivity contribution in [1.29, 1.82) is 0 Å². The van der Waals surface area contributed by atoms with Gasteiger partial charge in [-0.25, -0.2) is 0 Å². The molecule has 2 heterocycles. The molecule has 1 amide bonds. The molecule has 4 rings (SSSR count). The highest BCUT2D eigenvalue weighted by Crippen LogP contribution is 2.38. The highest BCUT2D eigenvalue weighted by Gasteiger charge is 2.31. The molecule has 0 radical (unpaired) electrons. The van der Waals surface area contributed by atoms with Gasteiger partial charge in [-0.1, -0.05) is 37.3 Å². The molecule has 1 aliphatic heterocycles. The van der Waals surface area contributed by atoms with Gasteiger partial charge in [0.15, 0.2) is 5.69 Å². The number of hydrogen-bond acceptors (Lipinski definition) is 3. The molecule has 27 heavy (non-hydrogen) atoms. The van der Waals surface area contributed by atoms with E-state index in [0.717, 1.165) is 40.2 Å². The molecule has 1 aliphatic rings. The Morgan fingerprint density at radius 2 is 1.93 bits per heavy atom. The minimum atomic E-state index is -0.0778. The van der Waals surface area contributed by atoms with Gasteiger partial charge in [0.1, 0.15) is 12.4 Å². The van der Waals surface area contributed by atoms with Crippen molar-refractivity contribution in [3.63, 3.8) is 0 Å². The van der Waals surface area contributed by atoms with Gasteiger partial charge in [-0.05, 0) is 37.1 Å². The molecular formula is C22H23N3O2. The SMILES string of the molecule is CCCN(C(=O)c1nn(C)c2c1COc1ccccc1-2)c1ccccc1C. The first-order chi connectivity index (χ1) is 13.1. The first-order valence-corrected chi connectivity index (χ1v) is 9.27. The Morgan fingerprint density at radius 1 is 1.19 bits per heavy atom. The predicted molar refractivity (Wildman–Crippen MR) is 106 cm³/mol. The highest BCUT2D eigenvalue weighted by atomic mass is 16.5. The number of fused-ring (bicyclic) bond motifs is 3.